The van der Waals surface area contributed by atoms with Gasteiger partial charge < -0.3 is 20.1 Å². The second-order valence-electron chi connectivity index (χ2n) is 6.31. The van der Waals surface area contributed by atoms with Crippen LogP contribution in [0.3, 0.4) is 0 Å². The molecule has 0 fully saturated rings. The van der Waals surface area contributed by atoms with Gasteiger partial charge in [0.15, 0.2) is 0 Å². The third kappa shape index (κ3) is 3.16. The summed E-state index contributed by atoms with van der Waals surface area (Å²) < 4.78 is 6.50. The van der Waals surface area contributed by atoms with E-state index in [1.54, 1.807) is 31.2 Å². The van der Waals surface area contributed by atoms with E-state index in [1.165, 1.54) is 17.8 Å². The number of carboxylic acid groups (broad SMARTS) is 1. The molecule has 0 saturated heterocycles. The van der Waals surface area contributed by atoms with Gasteiger partial charge >= 0.3 is 5.97 Å². The molecule has 9 heteroatoms. The van der Waals surface area contributed by atoms with E-state index in [1.807, 2.05) is 0 Å². The number of hydrogen-bond donors (Lipinski definition) is 3. The molecule has 3 aromatic rings. The van der Waals surface area contributed by atoms with Gasteiger partial charge in [-0.1, -0.05) is 12.1 Å². The highest BCUT2D eigenvalue weighted by Crippen LogP contribution is 2.16. The number of nitrogens with zero attached hydrogens (tertiary/aromatic N) is 2. The summed E-state index contributed by atoms with van der Waals surface area (Å²) in [5.74, 6) is -1.61. The maximum absolute atomic E-state index is 12.7. The first kappa shape index (κ1) is 17.6. The molecule has 1 aromatic carbocycles. The number of ether oxygens (including phenoxy) is 1. The van der Waals surface area contributed by atoms with Crippen LogP contribution in [0.15, 0.2) is 35.3 Å². The molecule has 3 rings (SSSR count). The summed E-state index contributed by atoms with van der Waals surface area (Å²) in [5, 5.41) is 16.4. The number of carboxylic acids is 1. The summed E-state index contributed by atoms with van der Waals surface area (Å²) in [6, 6.07) is 6.90. The van der Waals surface area contributed by atoms with E-state index in [9.17, 15) is 14.4 Å². The first-order valence-electron chi connectivity index (χ1n) is 7.87. The third-order valence-corrected chi connectivity index (χ3v) is 4.04. The monoisotopic (exact) mass is 358 g/mol. The van der Waals surface area contributed by atoms with E-state index in [4.69, 9.17) is 9.84 Å². The lowest BCUT2D eigenvalue weighted by Crippen LogP contribution is -2.50. The van der Waals surface area contributed by atoms with Gasteiger partial charge in [0.05, 0.1) is 35.7 Å². The van der Waals surface area contributed by atoms with Crippen molar-refractivity contribution in [3.05, 3.63) is 46.4 Å². The summed E-state index contributed by atoms with van der Waals surface area (Å²) in [6.45, 7) is 1.59. The zero-order valence-electron chi connectivity index (χ0n) is 14.3. The number of carbonyl (C=O) groups is 2. The number of carbonyl (C=O) groups excluding carboxylic acids is 1. The van der Waals surface area contributed by atoms with E-state index in [2.05, 4.69) is 15.4 Å². The van der Waals surface area contributed by atoms with Gasteiger partial charge in [0, 0.05) is 7.11 Å². The minimum absolute atomic E-state index is 0.0176. The van der Waals surface area contributed by atoms with Gasteiger partial charge in [-0.05, 0) is 19.1 Å². The van der Waals surface area contributed by atoms with E-state index in [-0.39, 0.29) is 29.8 Å². The van der Waals surface area contributed by atoms with Crippen LogP contribution in [-0.4, -0.2) is 50.8 Å². The highest BCUT2D eigenvalue weighted by atomic mass is 16.5. The van der Waals surface area contributed by atoms with Crippen LogP contribution < -0.4 is 10.9 Å². The topological polar surface area (TPSA) is 126 Å². The van der Waals surface area contributed by atoms with Crippen LogP contribution in [0.4, 0.5) is 0 Å². The van der Waals surface area contributed by atoms with Crippen molar-refractivity contribution < 1.29 is 19.4 Å². The molecule has 0 saturated carbocycles. The van der Waals surface area contributed by atoms with Crippen molar-refractivity contribution >= 4 is 28.4 Å². The number of H-pyrrole nitrogens is 1. The molecule has 0 aliphatic heterocycles. The molecule has 0 aliphatic carbocycles. The molecular weight excluding hydrogens is 340 g/mol. The van der Waals surface area contributed by atoms with Gasteiger partial charge in [-0.3, -0.25) is 14.4 Å². The van der Waals surface area contributed by atoms with E-state index in [0.717, 1.165) is 0 Å². The fourth-order valence-corrected chi connectivity index (χ4v) is 2.97. The summed E-state index contributed by atoms with van der Waals surface area (Å²) in [6.07, 6.45) is 1.02. The fourth-order valence-electron chi connectivity index (χ4n) is 2.97. The van der Waals surface area contributed by atoms with Gasteiger partial charge in [-0.2, -0.15) is 5.10 Å². The number of benzene rings is 1. The summed E-state index contributed by atoms with van der Waals surface area (Å²) in [4.78, 5) is 38.7. The minimum Gasteiger partial charge on any atom is -0.481 e. The van der Waals surface area contributed by atoms with Gasteiger partial charge in [-0.15, -0.1) is 0 Å². The zero-order valence-corrected chi connectivity index (χ0v) is 14.3. The quantitative estimate of drug-likeness (QED) is 0.598. The number of rotatable bonds is 6. The Balaban J connectivity index is 2.04. The number of para-hydroxylation sites is 1. The average molecular weight is 358 g/mol. The number of methoxy groups -OCH3 is 1. The van der Waals surface area contributed by atoms with Crippen LogP contribution in [-0.2, 0) is 9.53 Å². The predicted molar refractivity (Wildman–Crippen MR) is 93.3 cm³/mol. The highest BCUT2D eigenvalue weighted by molar-refractivity contribution is 6.01. The normalized spacial score (nSPS) is 13.6. The van der Waals surface area contributed by atoms with Crippen LogP contribution in [0, 0.1) is 0 Å². The molecule has 2 heterocycles. The maximum Gasteiger partial charge on any atom is 0.305 e. The molecule has 1 amide bonds. The zero-order chi connectivity index (χ0) is 18.9. The molecule has 0 spiro atoms. The van der Waals surface area contributed by atoms with Gasteiger partial charge in [-0.25, -0.2) is 4.52 Å². The number of hydrogen-bond acceptors (Lipinski definition) is 5. The molecule has 0 aliphatic rings. The van der Waals surface area contributed by atoms with Gasteiger partial charge in [0.1, 0.15) is 11.2 Å². The van der Waals surface area contributed by atoms with Crippen LogP contribution in [0.1, 0.15) is 23.7 Å². The van der Waals surface area contributed by atoms with Gasteiger partial charge in [0.25, 0.3) is 11.5 Å². The molecule has 0 bridgehead atoms. The van der Waals surface area contributed by atoms with Crippen molar-refractivity contribution in [1.82, 2.24) is 19.9 Å². The lowest BCUT2D eigenvalue weighted by molar-refractivity contribution is -0.139. The molecule has 136 valence electrons. The SMILES string of the molecule is COCC(C)(CC(=O)O)NC(=O)c1cnn2c1[nH]c(=O)c1ccccc12. The molecule has 2 aromatic heterocycles. The predicted octanol–water partition coefficient (Wildman–Crippen LogP) is 0.785. The second kappa shape index (κ2) is 6.60. The summed E-state index contributed by atoms with van der Waals surface area (Å²) in [5.41, 5.74) is -0.506. The van der Waals surface area contributed by atoms with Crippen molar-refractivity contribution in [2.24, 2.45) is 0 Å². The molecule has 0 radical (unpaired) electrons. The van der Waals surface area contributed by atoms with E-state index < -0.39 is 17.4 Å². The Morgan fingerprint density at radius 2 is 2.12 bits per heavy atom. The Morgan fingerprint density at radius 3 is 2.81 bits per heavy atom. The van der Waals surface area contributed by atoms with Crippen LogP contribution >= 0.6 is 0 Å². The first-order valence-corrected chi connectivity index (χ1v) is 7.87. The molecular formula is C17H18N4O5. The fraction of sp³-hybridized carbons (Fsp3) is 0.294. The van der Waals surface area contributed by atoms with E-state index >= 15 is 0 Å². The molecule has 1 atom stereocenters. The number of fused-ring (bicyclic) bond motifs is 3. The largest absolute Gasteiger partial charge is 0.481 e. The van der Waals surface area contributed by atoms with Crippen molar-refractivity contribution in [1.29, 1.82) is 0 Å². The molecule has 26 heavy (non-hydrogen) atoms. The summed E-state index contributed by atoms with van der Waals surface area (Å²) in [7, 11) is 1.42. The first-order chi connectivity index (χ1) is 12.3. The standard InChI is InChI=1S/C17H18N4O5/c1-17(9-26-2,7-13(22)23)20-16(25)11-8-18-21-12-6-4-3-5-10(12)15(24)19-14(11)21/h3-6,8H,7,9H2,1-2H3,(H,19,24)(H,20,25)(H,22,23). The molecule has 9 nitrogen and oxygen atoms in total. The highest BCUT2D eigenvalue weighted by Gasteiger charge is 2.31. The Hall–Kier alpha value is -3.20. The maximum atomic E-state index is 12.7. The number of aliphatic carboxylic acids is 1. The Bertz CT molecular complexity index is 1050. The Labute approximate surface area is 147 Å². The number of aromatic nitrogens is 3. The van der Waals surface area contributed by atoms with E-state index in [0.29, 0.717) is 10.9 Å². The van der Waals surface area contributed by atoms with Crippen LogP contribution in [0.25, 0.3) is 16.6 Å². The number of amides is 1. The molecule has 1 unspecified atom stereocenters. The smallest absolute Gasteiger partial charge is 0.305 e. The second-order valence-corrected chi connectivity index (χ2v) is 6.31. The Kier molecular flexibility index (Phi) is 4.47. The lowest BCUT2D eigenvalue weighted by Gasteiger charge is -2.28. The third-order valence-electron chi connectivity index (χ3n) is 4.04. The minimum atomic E-state index is -1.11. The molecule has 3 N–H and O–H groups in total. The van der Waals surface area contributed by atoms with Crippen molar-refractivity contribution in [2.75, 3.05) is 13.7 Å². The average Bonchev–Trinajstić information content (AvgIpc) is 2.98. The van der Waals surface area contributed by atoms with Crippen molar-refractivity contribution in [3.8, 4) is 0 Å². The van der Waals surface area contributed by atoms with Crippen LogP contribution in [0.2, 0.25) is 0 Å². The van der Waals surface area contributed by atoms with Gasteiger partial charge in [0.2, 0.25) is 0 Å². The lowest BCUT2D eigenvalue weighted by atomic mass is 9.98. The van der Waals surface area contributed by atoms with Crippen LogP contribution in [0.5, 0.6) is 0 Å². The van der Waals surface area contributed by atoms with Crippen molar-refractivity contribution in [3.63, 3.8) is 0 Å². The Morgan fingerprint density at radius 1 is 1.38 bits per heavy atom. The number of nitrogens with one attached hydrogen (secondary N) is 2. The summed E-state index contributed by atoms with van der Waals surface area (Å²) >= 11 is 0. The van der Waals surface area contributed by atoms with Crippen molar-refractivity contribution in [2.45, 2.75) is 18.9 Å². The number of aromatic amines is 1.